The van der Waals surface area contributed by atoms with Crippen LogP contribution in [0.5, 0.6) is 0 Å². The van der Waals surface area contributed by atoms with Gasteiger partial charge in [0.15, 0.2) is 5.78 Å². The molecular formula is C17H24ClNO. The van der Waals surface area contributed by atoms with Crippen molar-refractivity contribution in [2.24, 2.45) is 5.41 Å². The quantitative estimate of drug-likeness (QED) is 0.749. The van der Waals surface area contributed by atoms with Gasteiger partial charge in [0.25, 0.3) is 0 Å². The molecule has 1 unspecified atom stereocenters. The summed E-state index contributed by atoms with van der Waals surface area (Å²) in [5.41, 5.74) is 1.12. The first kappa shape index (κ1) is 15.5. The molecule has 20 heavy (non-hydrogen) atoms. The predicted molar refractivity (Wildman–Crippen MR) is 84.4 cm³/mol. The van der Waals surface area contributed by atoms with Crippen molar-refractivity contribution < 1.29 is 4.79 Å². The molecule has 1 atom stereocenters. The molecule has 0 spiro atoms. The van der Waals surface area contributed by atoms with Gasteiger partial charge >= 0.3 is 0 Å². The summed E-state index contributed by atoms with van der Waals surface area (Å²) in [7, 11) is 0. The molecule has 0 N–H and O–H groups in total. The Labute approximate surface area is 127 Å². The van der Waals surface area contributed by atoms with Gasteiger partial charge in [0, 0.05) is 17.1 Å². The van der Waals surface area contributed by atoms with E-state index in [9.17, 15) is 4.79 Å². The van der Waals surface area contributed by atoms with Crippen molar-refractivity contribution in [2.45, 2.75) is 46.1 Å². The smallest absolute Gasteiger partial charge is 0.179 e. The first-order valence-electron chi connectivity index (χ1n) is 7.55. The van der Waals surface area contributed by atoms with Crippen molar-refractivity contribution in [3.8, 4) is 0 Å². The zero-order chi connectivity index (χ0) is 14.8. The lowest BCUT2D eigenvalue weighted by molar-refractivity contribution is 0.0850. The minimum atomic E-state index is -0.0616. The number of likely N-dealkylation sites (tertiary alicyclic amines) is 1. The first-order valence-corrected chi connectivity index (χ1v) is 7.93. The van der Waals surface area contributed by atoms with Gasteiger partial charge in [-0.1, -0.05) is 37.6 Å². The van der Waals surface area contributed by atoms with E-state index in [0.717, 1.165) is 18.7 Å². The predicted octanol–water partition coefficient (Wildman–Crippen LogP) is 4.42. The maximum atomic E-state index is 12.6. The van der Waals surface area contributed by atoms with Gasteiger partial charge in [-0.05, 0) is 50.3 Å². The van der Waals surface area contributed by atoms with E-state index in [2.05, 4.69) is 18.7 Å². The number of halogens is 1. The number of Topliss-reactive ketones (excluding diaryl/α,β-unsaturated/α-hetero) is 1. The van der Waals surface area contributed by atoms with E-state index in [4.69, 9.17) is 11.6 Å². The number of ketones is 1. The molecule has 1 aliphatic heterocycles. The van der Waals surface area contributed by atoms with E-state index < -0.39 is 0 Å². The third kappa shape index (κ3) is 3.07. The molecule has 1 aromatic rings. The van der Waals surface area contributed by atoms with E-state index in [1.54, 1.807) is 12.1 Å². The molecule has 2 nitrogen and oxygen atoms in total. The van der Waals surface area contributed by atoms with Crippen LogP contribution in [0, 0.1) is 5.41 Å². The monoisotopic (exact) mass is 293 g/mol. The second-order valence-corrected chi connectivity index (χ2v) is 6.41. The summed E-state index contributed by atoms with van der Waals surface area (Å²) in [6.45, 7) is 8.60. The summed E-state index contributed by atoms with van der Waals surface area (Å²) in [6, 6.07) is 7.21. The zero-order valence-electron chi connectivity index (χ0n) is 12.7. The number of hydrogen-bond donors (Lipinski definition) is 0. The lowest BCUT2D eigenvalue weighted by atomic mass is 9.82. The summed E-state index contributed by atoms with van der Waals surface area (Å²) in [5, 5.41) is 0.626. The van der Waals surface area contributed by atoms with Crippen LogP contribution < -0.4 is 0 Å². The summed E-state index contributed by atoms with van der Waals surface area (Å²) >= 11 is 5.98. The average Bonchev–Trinajstić information content (AvgIpc) is 2.91. The Kier molecular flexibility index (Phi) is 4.87. The molecule has 0 radical (unpaired) electrons. The average molecular weight is 294 g/mol. The maximum Gasteiger partial charge on any atom is 0.179 e. The Morgan fingerprint density at radius 3 is 2.65 bits per heavy atom. The highest BCUT2D eigenvalue weighted by atomic mass is 35.5. The zero-order valence-corrected chi connectivity index (χ0v) is 13.4. The van der Waals surface area contributed by atoms with Gasteiger partial charge in [-0.3, -0.25) is 9.69 Å². The largest absolute Gasteiger partial charge is 0.293 e. The Morgan fingerprint density at radius 1 is 1.40 bits per heavy atom. The number of hydrogen-bond acceptors (Lipinski definition) is 2. The molecule has 1 saturated heterocycles. The summed E-state index contributed by atoms with van der Waals surface area (Å²) in [4.78, 5) is 14.9. The molecule has 1 fully saturated rings. The summed E-state index contributed by atoms with van der Waals surface area (Å²) < 4.78 is 0. The molecule has 3 heteroatoms. The van der Waals surface area contributed by atoms with Crippen molar-refractivity contribution >= 4 is 17.4 Å². The first-order chi connectivity index (χ1) is 9.51. The highest BCUT2D eigenvalue weighted by molar-refractivity contribution is 6.31. The Morgan fingerprint density at radius 2 is 2.10 bits per heavy atom. The van der Waals surface area contributed by atoms with Crippen molar-refractivity contribution in [1.82, 2.24) is 4.90 Å². The van der Waals surface area contributed by atoms with E-state index >= 15 is 0 Å². The van der Waals surface area contributed by atoms with Crippen LogP contribution >= 0.6 is 11.6 Å². The van der Waals surface area contributed by atoms with Gasteiger partial charge in [-0.2, -0.15) is 0 Å². The topological polar surface area (TPSA) is 20.3 Å². The van der Waals surface area contributed by atoms with Crippen LogP contribution in [0.15, 0.2) is 24.3 Å². The van der Waals surface area contributed by atoms with Crippen LogP contribution in [0.4, 0.5) is 0 Å². The van der Waals surface area contributed by atoms with Crippen LogP contribution in [0.1, 0.15) is 50.4 Å². The molecule has 1 aromatic carbocycles. The summed E-state index contributed by atoms with van der Waals surface area (Å²) in [5.74, 6) is 0.176. The van der Waals surface area contributed by atoms with Crippen molar-refractivity contribution in [3.63, 3.8) is 0 Å². The summed E-state index contributed by atoms with van der Waals surface area (Å²) in [6.07, 6.45) is 3.59. The van der Waals surface area contributed by atoms with E-state index in [0.29, 0.717) is 10.4 Å². The molecule has 0 aliphatic carbocycles. The van der Waals surface area contributed by atoms with Gasteiger partial charge in [0.2, 0.25) is 0 Å². The number of carbonyl (C=O) groups excluding carboxylic acids is 1. The molecule has 1 heterocycles. The number of rotatable bonds is 5. The second kappa shape index (κ2) is 6.28. The van der Waals surface area contributed by atoms with Crippen LogP contribution in [-0.2, 0) is 0 Å². The third-order valence-electron chi connectivity index (χ3n) is 5.00. The Balaban J connectivity index is 2.09. The number of carbonyl (C=O) groups is 1. The van der Waals surface area contributed by atoms with Gasteiger partial charge in [-0.15, -0.1) is 0 Å². The maximum absolute atomic E-state index is 12.6. The van der Waals surface area contributed by atoms with E-state index in [-0.39, 0.29) is 11.8 Å². The molecule has 0 saturated carbocycles. The van der Waals surface area contributed by atoms with Crippen LogP contribution in [0.2, 0.25) is 5.02 Å². The van der Waals surface area contributed by atoms with Gasteiger partial charge in [-0.25, -0.2) is 0 Å². The Bertz CT molecular complexity index is 482. The van der Waals surface area contributed by atoms with Crippen LogP contribution in [-0.4, -0.2) is 29.8 Å². The molecule has 0 bridgehead atoms. The Hall–Kier alpha value is -0.860. The van der Waals surface area contributed by atoms with Gasteiger partial charge in [0.1, 0.15) is 0 Å². The van der Waals surface area contributed by atoms with Crippen molar-refractivity contribution in [1.29, 1.82) is 0 Å². The van der Waals surface area contributed by atoms with Crippen LogP contribution in [0.25, 0.3) is 0 Å². The molecule has 0 amide bonds. The fourth-order valence-electron chi connectivity index (χ4n) is 3.18. The standard InChI is InChI=1S/C17H24ClNO/c1-4-17(5-2)9-10-19(12-17)13(3)16(20)14-7-6-8-15(18)11-14/h6-8,11,13H,4-5,9-10,12H2,1-3H3. The number of nitrogens with zero attached hydrogens (tertiary/aromatic N) is 1. The van der Waals surface area contributed by atoms with E-state index in [1.165, 1.54) is 19.3 Å². The van der Waals surface area contributed by atoms with Gasteiger partial charge in [0.05, 0.1) is 6.04 Å². The third-order valence-corrected chi connectivity index (χ3v) is 5.24. The molecule has 110 valence electrons. The number of benzene rings is 1. The van der Waals surface area contributed by atoms with Crippen molar-refractivity contribution in [2.75, 3.05) is 13.1 Å². The minimum absolute atomic E-state index is 0.0616. The molecular weight excluding hydrogens is 270 g/mol. The second-order valence-electron chi connectivity index (χ2n) is 5.98. The van der Waals surface area contributed by atoms with E-state index in [1.807, 2.05) is 19.1 Å². The normalized spacial score (nSPS) is 20.0. The SMILES string of the molecule is CCC1(CC)CCN(C(C)C(=O)c2cccc(Cl)c2)C1. The highest BCUT2D eigenvalue weighted by Gasteiger charge is 2.38. The highest BCUT2D eigenvalue weighted by Crippen LogP contribution is 2.38. The van der Waals surface area contributed by atoms with Crippen LogP contribution in [0.3, 0.4) is 0 Å². The fraction of sp³-hybridized carbons (Fsp3) is 0.588. The lowest BCUT2D eigenvalue weighted by Crippen LogP contribution is -2.39. The molecule has 2 rings (SSSR count). The molecule has 1 aliphatic rings. The van der Waals surface area contributed by atoms with Crippen molar-refractivity contribution in [3.05, 3.63) is 34.9 Å². The minimum Gasteiger partial charge on any atom is -0.293 e. The molecule has 0 aromatic heterocycles. The van der Waals surface area contributed by atoms with Gasteiger partial charge < -0.3 is 0 Å². The fourth-order valence-corrected chi connectivity index (χ4v) is 3.37. The lowest BCUT2D eigenvalue weighted by Gasteiger charge is -2.29.